The highest BCUT2D eigenvalue weighted by Crippen LogP contribution is 2.30. The molecule has 4 atom stereocenters. The number of halogens is 3. The largest absolute Gasteiger partial charge is 0.490 e. The maximum atomic E-state index is 14.1. The average Bonchev–Trinajstić information content (AvgIpc) is 2.93. The molecule has 42 heavy (non-hydrogen) atoms. The normalized spacial score (nSPS) is 21.8. The van der Waals surface area contributed by atoms with Gasteiger partial charge in [-0.15, -0.1) is 0 Å². The first-order valence-electron chi connectivity index (χ1n) is 14.7. The minimum Gasteiger partial charge on any atom is -0.490 e. The molecule has 10 heteroatoms. The van der Waals surface area contributed by atoms with Crippen molar-refractivity contribution >= 4 is 11.6 Å². The van der Waals surface area contributed by atoms with E-state index in [1.807, 2.05) is 69.9 Å². The molecule has 0 bridgehead atoms. The third-order valence-corrected chi connectivity index (χ3v) is 7.78. The molecule has 1 N–H and O–H groups in total. The summed E-state index contributed by atoms with van der Waals surface area (Å²) in [6, 6.07) is 10.4. The van der Waals surface area contributed by atoms with Crippen molar-refractivity contribution in [3.05, 3.63) is 59.2 Å². The Morgan fingerprint density at radius 2 is 1.76 bits per heavy atom. The van der Waals surface area contributed by atoms with Gasteiger partial charge in [0.05, 0.1) is 36.0 Å². The van der Waals surface area contributed by atoms with Gasteiger partial charge in [0.2, 0.25) is 0 Å². The lowest BCUT2D eigenvalue weighted by molar-refractivity contribution is -0.137. The Labute approximate surface area is 248 Å². The van der Waals surface area contributed by atoms with Crippen molar-refractivity contribution in [2.45, 2.75) is 71.0 Å². The third-order valence-electron chi connectivity index (χ3n) is 7.78. The lowest BCUT2D eigenvalue weighted by Gasteiger charge is -2.36. The van der Waals surface area contributed by atoms with Gasteiger partial charge in [-0.1, -0.05) is 19.1 Å². The molecule has 3 rings (SSSR count). The molecule has 0 unspecified atom stereocenters. The molecule has 1 aliphatic rings. The molecule has 7 nitrogen and oxygen atoms in total. The summed E-state index contributed by atoms with van der Waals surface area (Å²) < 4.78 is 51.6. The molecular weight excluding hydrogens is 547 g/mol. The van der Waals surface area contributed by atoms with Crippen LogP contribution in [0.1, 0.15) is 61.5 Å². The number of nitrogens with zero attached hydrogens (tertiary/aromatic N) is 3. The number of rotatable bonds is 7. The highest BCUT2D eigenvalue weighted by molar-refractivity contribution is 5.98. The second-order valence-electron chi connectivity index (χ2n) is 11.8. The number of fused-ring (bicyclic) bond motifs is 1. The second-order valence-corrected chi connectivity index (χ2v) is 11.8. The predicted octanol–water partition coefficient (Wildman–Crippen LogP) is 5.70. The van der Waals surface area contributed by atoms with E-state index in [0.717, 1.165) is 42.6 Å². The number of benzene rings is 2. The van der Waals surface area contributed by atoms with Crippen LogP contribution in [0.2, 0.25) is 0 Å². The monoisotopic (exact) mass is 593 g/mol. The first-order valence-corrected chi connectivity index (χ1v) is 14.7. The number of amides is 1. The van der Waals surface area contributed by atoms with E-state index in [1.54, 1.807) is 4.90 Å². The quantitative estimate of drug-likeness (QED) is 0.445. The second kappa shape index (κ2) is 15.1. The summed E-state index contributed by atoms with van der Waals surface area (Å²) in [5.41, 5.74) is 1.43. The van der Waals surface area contributed by atoms with Gasteiger partial charge in [0, 0.05) is 51.9 Å². The van der Waals surface area contributed by atoms with E-state index in [2.05, 4.69) is 0 Å². The Morgan fingerprint density at radius 1 is 1.07 bits per heavy atom. The van der Waals surface area contributed by atoms with Gasteiger partial charge in [-0.3, -0.25) is 9.69 Å². The number of hydrogen-bond donors (Lipinski definition) is 1. The van der Waals surface area contributed by atoms with Gasteiger partial charge in [-0.05, 0) is 76.1 Å². The zero-order chi connectivity index (χ0) is 31.0. The van der Waals surface area contributed by atoms with Gasteiger partial charge in [-0.2, -0.15) is 13.2 Å². The van der Waals surface area contributed by atoms with Crippen molar-refractivity contribution in [1.82, 2.24) is 9.80 Å². The van der Waals surface area contributed by atoms with E-state index >= 15 is 0 Å². The topological polar surface area (TPSA) is 65.5 Å². The van der Waals surface area contributed by atoms with E-state index in [1.165, 1.54) is 12.1 Å². The van der Waals surface area contributed by atoms with Gasteiger partial charge in [0.1, 0.15) is 5.75 Å². The first kappa shape index (κ1) is 33.7. The zero-order valence-electron chi connectivity index (χ0n) is 25.7. The number of carbonyl (C=O) groups is 1. The van der Waals surface area contributed by atoms with Crippen LogP contribution in [0.25, 0.3) is 0 Å². The zero-order valence-corrected chi connectivity index (χ0v) is 25.7. The van der Waals surface area contributed by atoms with Crippen LogP contribution >= 0.6 is 0 Å². The molecule has 1 amide bonds. The molecule has 1 heterocycles. The minimum absolute atomic E-state index is 0.0960. The average molecular weight is 594 g/mol. The Kier molecular flexibility index (Phi) is 12.1. The highest BCUT2D eigenvalue weighted by atomic mass is 19.4. The van der Waals surface area contributed by atoms with Crippen molar-refractivity contribution in [2.75, 3.05) is 52.3 Å². The SMILES string of the molecule is C[C@@H]1CN([C@H](C)CO)C(=O)c2cc(N(C)C)ccc2O[C@@H](C)CCCCO[C@@H]1CN(C)Cc1ccc(C(F)(F)F)cc1. The van der Waals surface area contributed by atoms with E-state index < -0.39 is 17.8 Å². The van der Waals surface area contributed by atoms with E-state index in [-0.39, 0.29) is 30.6 Å². The number of aliphatic hydroxyl groups is 1. The fourth-order valence-corrected chi connectivity index (χ4v) is 5.13. The molecule has 0 saturated carbocycles. The smallest absolute Gasteiger partial charge is 0.416 e. The number of hydrogen-bond acceptors (Lipinski definition) is 6. The number of ether oxygens (including phenoxy) is 2. The van der Waals surface area contributed by atoms with Crippen molar-refractivity contribution in [3.63, 3.8) is 0 Å². The summed E-state index contributed by atoms with van der Waals surface area (Å²) in [6.07, 6.45) is -2.16. The molecule has 1 aliphatic heterocycles. The Hall–Kier alpha value is -2.82. The highest BCUT2D eigenvalue weighted by Gasteiger charge is 2.31. The standard InChI is InChI=1S/C32H46F3N3O4/c1-22-18-38(23(2)21-39)31(40)28-17-27(36(4)5)14-15-29(28)42-24(3)9-7-8-16-41-30(22)20-37(6)19-25-10-12-26(13-11-25)32(33,34)35/h10-15,17,22-24,30,39H,7-9,16,18-21H2,1-6H3/t22-,23-,24+,30-/m1/s1. The molecule has 0 aliphatic carbocycles. The molecule has 2 aromatic rings. The third kappa shape index (κ3) is 9.34. The van der Waals surface area contributed by atoms with E-state index in [0.29, 0.717) is 37.6 Å². The van der Waals surface area contributed by atoms with Crippen LogP contribution in [0.3, 0.4) is 0 Å². The number of carbonyl (C=O) groups excluding carboxylic acids is 1. The molecule has 2 aromatic carbocycles. The fourth-order valence-electron chi connectivity index (χ4n) is 5.13. The number of likely N-dealkylation sites (N-methyl/N-ethyl adjacent to an activating group) is 1. The van der Waals surface area contributed by atoms with Crippen LogP contribution in [0.5, 0.6) is 5.75 Å². The van der Waals surface area contributed by atoms with Crippen molar-refractivity contribution < 1.29 is 32.5 Å². The predicted molar refractivity (Wildman–Crippen MR) is 159 cm³/mol. The van der Waals surface area contributed by atoms with Crippen LogP contribution < -0.4 is 9.64 Å². The Morgan fingerprint density at radius 3 is 2.38 bits per heavy atom. The summed E-state index contributed by atoms with van der Waals surface area (Å²) in [4.78, 5) is 19.7. The summed E-state index contributed by atoms with van der Waals surface area (Å²) in [6.45, 7) is 7.52. The van der Waals surface area contributed by atoms with Crippen LogP contribution in [0.15, 0.2) is 42.5 Å². The fraction of sp³-hybridized carbons (Fsp3) is 0.594. The number of anilines is 1. The van der Waals surface area contributed by atoms with Gasteiger partial charge in [-0.25, -0.2) is 0 Å². The molecule has 234 valence electrons. The van der Waals surface area contributed by atoms with Gasteiger partial charge < -0.3 is 24.4 Å². The van der Waals surface area contributed by atoms with Crippen LogP contribution in [-0.4, -0.2) is 86.5 Å². The van der Waals surface area contributed by atoms with E-state index in [4.69, 9.17) is 9.47 Å². The molecule has 0 radical (unpaired) electrons. The van der Waals surface area contributed by atoms with Crippen molar-refractivity contribution in [2.24, 2.45) is 5.92 Å². The van der Waals surface area contributed by atoms with Crippen LogP contribution in [-0.2, 0) is 17.5 Å². The molecule has 0 saturated heterocycles. The molecule has 0 spiro atoms. The lowest BCUT2D eigenvalue weighted by Crippen LogP contribution is -2.47. The minimum atomic E-state index is -4.37. The van der Waals surface area contributed by atoms with Gasteiger partial charge in [0.15, 0.2) is 0 Å². The summed E-state index contributed by atoms with van der Waals surface area (Å²) in [7, 11) is 5.74. The Bertz CT molecular complexity index is 1140. The van der Waals surface area contributed by atoms with E-state index in [9.17, 15) is 23.1 Å². The number of aliphatic hydroxyl groups excluding tert-OH is 1. The lowest BCUT2D eigenvalue weighted by atomic mass is 10.0. The van der Waals surface area contributed by atoms with Gasteiger partial charge in [0.25, 0.3) is 5.91 Å². The first-order chi connectivity index (χ1) is 19.8. The maximum absolute atomic E-state index is 14.1. The van der Waals surface area contributed by atoms with Crippen molar-refractivity contribution in [3.8, 4) is 5.75 Å². The Balaban J connectivity index is 1.86. The van der Waals surface area contributed by atoms with Crippen LogP contribution in [0.4, 0.5) is 18.9 Å². The molecule has 0 fully saturated rings. The van der Waals surface area contributed by atoms with Crippen LogP contribution in [0, 0.1) is 5.92 Å². The molecular formula is C32H46F3N3O4. The van der Waals surface area contributed by atoms with Gasteiger partial charge >= 0.3 is 6.18 Å². The summed E-state index contributed by atoms with van der Waals surface area (Å²) in [5, 5.41) is 10.1. The molecule has 0 aromatic heterocycles. The number of alkyl halides is 3. The summed E-state index contributed by atoms with van der Waals surface area (Å²) in [5.74, 6) is 0.214. The summed E-state index contributed by atoms with van der Waals surface area (Å²) >= 11 is 0. The van der Waals surface area contributed by atoms with Crippen molar-refractivity contribution in [1.29, 1.82) is 0 Å². The maximum Gasteiger partial charge on any atom is 0.416 e.